The Morgan fingerprint density at radius 3 is 1.92 bits per heavy atom. The molecule has 6 heteroatoms. The number of rotatable bonds is 12. The maximum absolute atomic E-state index is 11.9. The van der Waals surface area contributed by atoms with Crippen molar-refractivity contribution in [2.24, 2.45) is 0 Å². The lowest BCUT2D eigenvalue weighted by Crippen LogP contribution is -2.40. The van der Waals surface area contributed by atoms with E-state index in [1.807, 2.05) is 0 Å². The van der Waals surface area contributed by atoms with Crippen LogP contribution in [0.1, 0.15) is 77.0 Å². The molecule has 0 heterocycles. The van der Waals surface area contributed by atoms with E-state index in [9.17, 15) is 9.59 Å². The lowest BCUT2D eigenvalue weighted by Gasteiger charge is -2.37. The van der Waals surface area contributed by atoms with Crippen molar-refractivity contribution >= 4 is 11.9 Å². The van der Waals surface area contributed by atoms with Crippen LogP contribution >= 0.6 is 0 Å². The van der Waals surface area contributed by atoms with Gasteiger partial charge < -0.3 is 19.3 Å². The summed E-state index contributed by atoms with van der Waals surface area (Å²) < 4.78 is 16.4. The Morgan fingerprint density at radius 2 is 1.42 bits per heavy atom. The molecule has 0 saturated heterocycles. The molecule has 1 rings (SSSR count). The molecule has 0 aromatic carbocycles. The highest BCUT2D eigenvalue weighted by atomic mass is 16.7. The van der Waals surface area contributed by atoms with E-state index in [2.05, 4.69) is 0 Å². The van der Waals surface area contributed by atoms with Gasteiger partial charge in [-0.2, -0.15) is 0 Å². The summed E-state index contributed by atoms with van der Waals surface area (Å²) >= 11 is 0. The van der Waals surface area contributed by atoms with E-state index in [1.54, 1.807) is 14.2 Å². The van der Waals surface area contributed by atoms with Crippen molar-refractivity contribution < 1.29 is 28.9 Å². The molecular weight excluding hydrogens is 312 g/mol. The average Bonchev–Trinajstić information content (AvgIpc) is 2.58. The second-order valence-electron chi connectivity index (χ2n) is 6.52. The summed E-state index contributed by atoms with van der Waals surface area (Å²) in [6.45, 7) is 0. The molecule has 140 valence electrons. The van der Waals surface area contributed by atoms with Crippen LogP contribution < -0.4 is 0 Å². The Hall–Kier alpha value is -1.14. The van der Waals surface area contributed by atoms with Crippen LogP contribution in [-0.2, 0) is 23.8 Å². The van der Waals surface area contributed by atoms with Gasteiger partial charge in [0.2, 0.25) is 0 Å². The van der Waals surface area contributed by atoms with Crippen LogP contribution in [0.2, 0.25) is 0 Å². The molecule has 0 amide bonds. The standard InChI is InChI=1S/C18H32O6/c1-22-18(23-2)13-11-15(12-14-18)24-17(21)10-8-6-4-3-5-7-9-16(19)20/h15H,3-14H2,1-2H3,(H,19,20). The number of ether oxygens (including phenoxy) is 3. The molecule has 6 nitrogen and oxygen atoms in total. The van der Waals surface area contributed by atoms with Crippen LogP contribution in [0.15, 0.2) is 0 Å². The van der Waals surface area contributed by atoms with E-state index in [0.29, 0.717) is 6.42 Å². The number of hydrogen-bond donors (Lipinski definition) is 1. The van der Waals surface area contributed by atoms with Crippen molar-refractivity contribution in [2.75, 3.05) is 14.2 Å². The van der Waals surface area contributed by atoms with Gasteiger partial charge in [0.15, 0.2) is 5.79 Å². The highest BCUT2D eigenvalue weighted by Crippen LogP contribution is 2.33. The van der Waals surface area contributed by atoms with Gasteiger partial charge in [-0.25, -0.2) is 0 Å². The fraction of sp³-hybridized carbons (Fsp3) is 0.889. The van der Waals surface area contributed by atoms with Crippen molar-refractivity contribution in [3.8, 4) is 0 Å². The quantitative estimate of drug-likeness (QED) is 0.330. The second kappa shape index (κ2) is 11.4. The van der Waals surface area contributed by atoms with Crippen LogP contribution in [0.3, 0.4) is 0 Å². The predicted octanol–water partition coefficient (Wildman–Crippen LogP) is 3.67. The number of hydrogen-bond acceptors (Lipinski definition) is 5. The minimum atomic E-state index is -0.728. The van der Waals surface area contributed by atoms with Gasteiger partial charge in [-0.1, -0.05) is 25.7 Å². The van der Waals surface area contributed by atoms with Crippen LogP contribution in [0.25, 0.3) is 0 Å². The summed E-state index contributed by atoms with van der Waals surface area (Å²) in [5.74, 6) is -1.36. The maximum atomic E-state index is 11.9. The SMILES string of the molecule is COC1(OC)CCC(OC(=O)CCCCCCCCC(=O)O)CC1. The molecule has 1 saturated carbocycles. The average molecular weight is 344 g/mol. The maximum Gasteiger partial charge on any atom is 0.306 e. The largest absolute Gasteiger partial charge is 0.481 e. The molecule has 0 spiro atoms. The molecule has 0 bridgehead atoms. The zero-order valence-corrected chi connectivity index (χ0v) is 15.1. The normalized spacial score (nSPS) is 17.6. The molecule has 1 fully saturated rings. The molecule has 0 radical (unpaired) electrons. The van der Waals surface area contributed by atoms with Crippen molar-refractivity contribution in [1.29, 1.82) is 0 Å². The zero-order valence-electron chi connectivity index (χ0n) is 15.1. The molecule has 1 N–H and O–H groups in total. The molecule has 0 aromatic rings. The molecular formula is C18H32O6. The Labute approximate surface area is 144 Å². The number of carbonyl (C=O) groups excluding carboxylic acids is 1. The Balaban J connectivity index is 2.02. The van der Waals surface area contributed by atoms with Gasteiger partial charge in [0.25, 0.3) is 0 Å². The zero-order chi connectivity index (χ0) is 17.8. The minimum absolute atomic E-state index is 0.0213. The van der Waals surface area contributed by atoms with E-state index >= 15 is 0 Å². The highest BCUT2D eigenvalue weighted by molar-refractivity contribution is 5.69. The highest BCUT2D eigenvalue weighted by Gasteiger charge is 2.36. The van der Waals surface area contributed by atoms with Gasteiger partial charge >= 0.3 is 11.9 Å². The number of esters is 1. The Morgan fingerprint density at radius 1 is 0.917 bits per heavy atom. The number of carbonyl (C=O) groups is 2. The Kier molecular flexibility index (Phi) is 9.95. The fourth-order valence-corrected chi connectivity index (χ4v) is 3.14. The van der Waals surface area contributed by atoms with E-state index in [-0.39, 0.29) is 18.5 Å². The molecule has 0 aromatic heterocycles. The van der Waals surface area contributed by atoms with Crippen LogP contribution in [0.4, 0.5) is 0 Å². The van der Waals surface area contributed by atoms with Crippen LogP contribution in [0, 0.1) is 0 Å². The summed E-state index contributed by atoms with van der Waals surface area (Å²) in [6.07, 6.45) is 9.31. The lowest BCUT2D eigenvalue weighted by atomic mass is 9.91. The second-order valence-corrected chi connectivity index (χ2v) is 6.52. The number of carboxylic acids is 1. The van der Waals surface area contributed by atoms with Crippen molar-refractivity contribution in [2.45, 2.75) is 88.9 Å². The van der Waals surface area contributed by atoms with E-state index in [4.69, 9.17) is 19.3 Å². The summed E-state index contributed by atoms with van der Waals surface area (Å²) in [5.41, 5.74) is 0. The van der Waals surface area contributed by atoms with E-state index < -0.39 is 11.8 Å². The van der Waals surface area contributed by atoms with E-state index in [1.165, 1.54) is 0 Å². The number of methoxy groups -OCH3 is 2. The van der Waals surface area contributed by atoms with Gasteiger partial charge in [0, 0.05) is 39.9 Å². The first-order valence-electron chi connectivity index (χ1n) is 9.03. The van der Waals surface area contributed by atoms with Crippen LogP contribution in [0.5, 0.6) is 0 Å². The summed E-state index contributed by atoms with van der Waals surface area (Å²) in [6, 6.07) is 0. The first kappa shape index (κ1) is 20.9. The van der Waals surface area contributed by atoms with E-state index in [0.717, 1.165) is 64.2 Å². The third-order valence-electron chi connectivity index (χ3n) is 4.76. The van der Waals surface area contributed by atoms with Crippen LogP contribution in [-0.4, -0.2) is 43.2 Å². The molecule has 0 atom stereocenters. The van der Waals surface area contributed by atoms with Crippen molar-refractivity contribution in [3.63, 3.8) is 0 Å². The minimum Gasteiger partial charge on any atom is -0.481 e. The topological polar surface area (TPSA) is 82.1 Å². The third-order valence-corrected chi connectivity index (χ3v) is 4.76. The monoisotopic (exact) mass is 344 g/mol. The molecule has 1 aliphatic carbocycles. The smallest absolute Gasteiger partial charge is 0.306 e. The molecule has 0 aliphatic heterocycles. The number of aliphatic carboxylic acids is 1. The van der Waals surface area contributed by atoms with Gasteiger partial charge in [0.05, 0.1) is 0 Å². The summed E-state index contributed by atoms with van der Waals surface area (Å²) in [7, 11) is 3.30. The number of carboxylic acid groups (broad SMARTS) is 1. The molecule has 24 heavy (non-hydrogen) atoms. The number of unbranched alkanes of at least 4 members (excludes halogenated alkanes) is 5. The van der Waals surface area contributed by atoms with Gasteiger partial charge in [-0.3, -0.25) is 9.59 Å². The fourth-order valence-electron chi connectivity index (χ4n) is 3.14. The van der Waals surface area contributed by atoms with Gasteiger partial charge in [-0.15, -0.1) is 0 Å². The van der Waals surface area contributed by atoms with Crippen molar-refractivity contribution in [1.82, 2.24) is 0 Å². The summed E-state index contributed by atoms with van der Waals surface area (Å²) in [5, 5.41) is 8.54. The van der Waals surface area contributed by atoms with Gasteiger partial charge in [0.1, 0.15) is 6.10 Å². The van der Waals surface area contributed by atoms with Gasteiger partial charge in [-0.05, 0) is 25.7 Å². The predicted molar refractivity (Wildman–Crippen MR) is 89.7 cm³/mol. The first-order valence-corrected chi connectivity index (χ1v) is 9.03. The summed E-state index contributed by atoms with van der Waals surface area (Å²) in [4.78, 5) is 22.2. The van der Waals surface area contributed by atoms with Crippen molar-refractivity contribution in [3.05, 3.63) is 0 Å². The lowest BCUT2D eigenvalue weighted by molar-refractivity contribution is -0.233. The first-order chi connectivity index (χ1) is 11.5. The third kappa shape index (κ3) is 8.11. The Bertz CT molecular complexity index is 368. The molecule has 0 unspecified atom stereocenters. The molecule has 1 aliphatic rings.